The van der Waals surface area contributed by atoms with E-state index in [2.05, 4.69) is 20.3 Å². The predicted molar refractivity (Wildman–Crippen MR) is 110 cm³/mol. The Morgan fingerprint density at radius 1 is 1.34 bits per heavy atom. The van der Waals surface area contributed by atoms with E-state index in [0.717, 1.165) is 24.9 Å². The molecule has 1 aliphatic rings. The molecular weight excluding hydrogens is 392 g/mol. The molecule has 0 radical (unpaired) electrons. The molecule has 0 bridgehead atoms. The number of aromatic amines is 1. The lowest BCUT2D eigenvalue weighted by Crippen LogP contribution is -2.41. The summed E-state index contributed by atoms with van der Waals surface area (Å²) in [7, 11) is 0. The van der Waals surface area contributed by atoms with E-state index < -0.39 is 0 Å². The van der Waals surface area contributed by atoms with Crippen LogP contribution >= 0.6 is 11.6 Å². The van der Waals surface area contributed by atoms with Gasteiger partial charge in [-0.2, -0.15) is 0 Å². The summed E-state index contributed by atoms with van der Waals surface area (Å²) < 4.78 is 1.59. The number of piperidine rings is 1. The molecule has 1 aromatic carbocycles. The first-order valence-corrected chi connectivity index (χ1v) is 10.2. The first kappa shape index (κ1) is 19.6. The molecular formula is C20H23ClN6O2. The first-order valence-electron chi connectivity index (χ1n) is 9.79. The molecule has 0 saturated carbocycles. The predicted octanol–water partition coefficient (Wildman–Crippen LogP) is 2.58. The second kappa shape index (κ2) is 7.94. The topological polar surface area (TPSA) is 96.8 Å². The van der Waals surface area contributed by atoms with Crippen LogP contribution in [0, 0.1) is 5.92 Å². The highest BCUT2D eigenvalue weighted by molar-refractivity contribution is 6.31. The standard InChI is InChI=1S/C20H23ClN6O2/c1-12(2)20(29)26-9-5-7-14(10-26)17-22-18-16(19(28)23-17)24-25-27(18)11-13-6-3-4-8-15(13)21/h3-4,6,8,12,14H,5,7,9-11H2,1-2H3,(H,22,23,28)/t14-/m1/s1. The number of carbonyl (C=O) groups excluding carboxylic acids is 1. The van der Waals surface area contributed by atoms with E-state index in [1.165, 1.54) is 0 Å². The highest BCUT2D eigenvalue weighted by Crippen LogP contribution is 2.26. The molecule has 1 fully saturated rings. The SMILES string of the molecule is CC(C)C(=O)N1CCC[C@@H](c2nc3c(nnn3Cc3ccccc3Cl)c(=O)[nH]2)C1. The summed E-state index contributed by atoms with van der Waals surface area (Å²) >= 11 is 6.26. The fourth-order valence-corrected chi connectivity index (χ4v) is 3.93. The van der Waals surface area contributed by atoms with Crippen LogP contribution in [0.25, 0.3) is 11.2 Å². The van der Waals surface area contributed by atoms with Gasteiger partial charge in [0, 0.05) is 29.9 Å². The van der Waals surface area contributed by atoms with Crippen molar-refractivity contribution in [1.82, 2.24) is 29.9 Å². The zero-order chi connectivity index (χ0) is 20.5. The third-order valence-electron chi connectivity index (χ3n) is 5.28. The Balaban J connectivity index is 1.67. The number of hydrogen-bond donors (Lipinski definition) is 1. The normalized spacial score (nSPS) is 17.2. The van der Waals surface area contributed by atoms with Crippen LogP contribution in [0.2, 0.25) is 5.02 Å². The summed E-state index contributed by atoms with van der Waals surface area (Å²) in [4.78, 5) is 34.4. The maximum Gasteiger partial charge on any atom is 0.281 e. The van der Waals surface area contributed by atoms with Gasteiger partial charge in [-0.05, 0) is 24.5 Å². The van der Waals surface area contributed by atoms with Gasteiger partial charge in [0.15, 0.2) is 11.2 Å². The fourth-order valence-electron chi connectivity index (χ4n) is 3.74. The average Bonchev–Trinajstić information content (AvgIpc) is 3.12. The molecule has 8 nitrogen and oxygen atoms in total. The van der Waals surface area contributed by atoms with Crippen LogP contribution in [-0.4, -0.2) is 48.9 Å². The van der Waals surface area contributed by atoms with Crippen molar-refractivity contribution in [2.45, 2.75) is 39.2 Å². The molecule has 2 aromatic heterocycles. The van der Waals surface area contributed by atoms with Crippen LogP contribution in [0.4, 0.5) is 0 Å². The Bertz CT molecular complexity index is 1110. The van der Waals surface area contributed by atoms with Gasteiger partial charge in [-0.3, -0.25) is 9.59 Å². The van der Waals surface area contributed by atoms with E-state index in [4.69, 9.17) is 11.6 Å². The van der Waals surface area contributed by atoms with E-state index >= 15 is 0 Å². The largest absolute Gasteiger partial charge is 0.342 e. The fraction of sp³-hybridized carbons (Fsp3) is 0.450. The summed E-state index contributed by atoms with van der Waals surface area (Å²) in [6.45, 7) is 5.46. The summed E-state index contributed by atoms with van der Waals surface area (Å²) in [6.07, 6.45) is 1.74. The van der Waals surface area contributed by atoms with E-state index in [-0.39, 0.29) is 28.8 Å². The third-order valence-corrected chi connectivity index (χ3v) is 5.65. The molecule has 0 aliphatic carbocycles. The van der Waals surface area contributed by atoms with Crippen LogP contribution in [-0.2, 0) is 11.3 Å². The molecule has 1 aliphatic heterocycles. The molecule has 152 valence electrons. The van der Waals surface area contributed by atoms with Gasteiger partial charge in [0.25, 0.3) is 5.56 Å². The van der Waals surface area contributed by atoms with E-state index in [1.807, 2.05) is 43.0 Å². The number of amides is 1. The van der Waals surface area contributed by atoms with E-state index in [9.17, 15) is 9.59 Å². The Morgan fingerprint density at radius 2 is 2.14 bits per heavy atom. The Hall–Kier alpha value is -2.74. The molecule has 0 spiro atoms. The zero-order valence-electron chi connectivity index (χ0n) is 16.4. The van der Waals surface area contributed by atoms with Gasteiger partial charge in [-0.25, -0.2) is 9.67 Å². The van der Waals surface area contributed by atoms with Gasteiger partial charge in [0.2, 0.25) is 5.91 Å². The molecule has 4 rings (SSSR count). The van der Waals surface area contributed by atoms with Gasteiger partial charge in [0.1, 0.15) is 5.82 Å². The molecule has 9 heteroatoms. The number of carbonyl (C=O) groups is 1. The van der Waals surface area contributed by atoms with Gasteiger partial charge < -0.3 is 9.88 Å². The monoisotopic (exact) mass is 414 g/mol. The molecule has 1 saturated heterocycles. The van der Waals surface area contributed by atoms with Crippen molar-refractivity contribution in [3.8, 4) is 0 Å². The van der Waals surface area contributed by atoms with Crippen molar-refractivity contribution in [2.75, 3.05) is 13.1 Å². The second-order valence-electron chi connectivity index (χ2n) is 7.74. The number of likely N-dealkylation sites (tertiary alicyclic amines) is 1. The van der Waals surface area contributed by atoms with Crippen LogP contribution in [0.1, 0.15) is 44.0 Å². The lowest BCUT2D eigenvalue weighted by Gasteiger charge is -2.33. The number of benzene rings is 1. The number of nitrogens with one attached hydrogen (secondary N) is 1. The minimum atomic E-state index is -0.317. The van der Waals surface area contributed by atoms with Gasteiger partial charge in [0.05, 0.1) is 6.54 Å². The Labute approximate surface area is 172 Å². The van der Waals surface area contributed by atoms with Gasteiger partial charge in [-0.15, -0.1) is 5.10 Å². The Morgan fingerprint density at radius 3 is 2.90 bits per heavy atom. The van der Waals surface area contributed by atoms with Crippen LogP contribution in [0.5, 0.6) is 0 Å². The van der Waals surface area contributed by atoms with E-state index in [1.54, 1.807) is 4.68 Å². The minimum absolute atomic E-state index is 0.0211. The molecule has 1 amide bonds. The summed E-state index contributed by atoms with van der Waals surface area (Å²) in [5.41, 5.74) is 1.18. The minimum Gasteiger partial charge on any atom is -0.342 e. The average molecular weight is 415 g/mol. The number of halogens is 1. The van der Waals surface area contributed by atoms with Crippen molar-refractivity contribution < 1.29 is 4.79 Å². The maximum atomic E-state index is 12.6. The summed E-state index contributed by atoms with van der Waals surface area (Å²) in [6, 6.07) is 7.47. The highest BCUT2D eigenvalue weighted by Gasteiger charge is 2.28. The first-order chi connectivity index (χ1) is 13.9. The van der Waals surface area contributed by atoms with Gasteiger partial charge in [-0.1, -0.05) is 48.9 Å². The summed E-state index contributed by atoms with van der Waals surface area (Å²) in [5.74, 6) is 0.631. The lowest BCUT2D eigenvalue weighted by molar-refractivity contribution is -0.135. The van der Waals surface area contributed by atoms with E-state index in [0.29, 0.717) is 29.6 Å². The van der Waals surface area contributed by atoms with Crippen molar-refractivity contribution >= 4 is 28.7 Å². The Kier molecular flexibility index (Phi) is 5.36. The highest BCUT2D eigenvalue weighted by atomic mass is 35.5. The number of hydrogen-bond acceptors (Lipinski definition) is 5. The molecule has 3 heterocycles. The molecule has 1 atom stereocenters. The van der Waals surface area contributed by atoms with Crippen LogP contribution in [0.15, 0.2) is 29.1 Å². The van der Waals surface area contributed by atoms with Gasteiger partial charge >= 0.3 is 0 Å². The molecule has 1 N–H and O–H groups in total. The number of fused-ring (bicyclic) bond motifs is 1. The number of nitrogens with zero attached hydrogens (tertiary/aromatic N) is 5. The van der Waals surface area contributed by atoms with Crippen molar-refractivity contribution in [3.05, 3.63) is 51.0 Å². The lowest BCUT2D eigenvalue weighted by atomic mass is 9.96. The number of H-pyrrole nitrogens is 1. The second-order valence-corrected chi connectivity index (χ2v) is 8.15. The maximum absolute atomic E-state index is 12.6. The van der Waals surface area contributed by atoms with Crippen molar-refractivity contribution in [1.29, 1.82) is 0 Å². The quantitative estimate of drug-likeness (QED) is 0.707. The van der Waals surface area contributed by atoms with Crippen LogP contribution < -0.4 is 5.56 Å². The number of aromatic nitrogens is 5. The van der Waals surface area contributed by atoms with Crippen molar-refractivity contribution in [2.24, 2.45) is 5.92 Å². The molecule has 3 aromatic rings. The van der Waals surface area contributed by atoms with Crippen molar-refractivity contribution in [3.63, 3.8) is 0 Å². The third kappa shape index (κ3) is 3.89. The zero-order valence-corrected chi connectivity index (χ0v) is 17.2. The van der Waals surface area contributed by atoms with Crippen LogP contribution in [0.3, 0.4) is 0 Å². The molecule has 0 unspecified atom stereocenters. The smallest absolute Gasteiger partial charge is 0.281 e. The molecule has 29 heavy (non-hydrogen) atoms. The number of rotatable bonds is 4. The summed E-state index contributed by atoms with van der Waals surface area (Å²) in [5, 5.41) is 8.72.